The molecule has 2 heterocycles. The van der Waals surface area contributed by atoms with Gasteiger partial charge in [0.25, 0.3) is 0 Å². The number of rotatable bonds is 4. The first-order valence-corrected chi connectivity index (χ1v) is 7.27. The molecule has 3 aromatic rings. The van der Waals surface area contributed by atoms with Crippen LogP contribution in [0.15, 0.2) is 42.6 Å². The summed E-state index contributed by atoms with van der Waals surface area (Å²) in [6, 6.07) is 13.5. The Morgan fingerprint density at radius 1 is 1.27 bits per heavy atom. The van der Waals surface area contributed by atoms with Crippen LogP contribution in [0.2, 0.25) is 5.02 Å². The lowest BCUT2D eigenvalue weighted by atomic mass is 10.2. The van der Waals surface area contributed by atoms with Crippen LogP contribution in [0, 0.1) is 18.3 Å². The molecule has 0 N–H and O–H groups in total. The van der Waals surface area contributed by atoms with Crippen molar-refractivity contribution in [3.05, 3.63) is 64.7 Å². The number of halogens is 1. The number of fused-ring (bicyclic) bond motifs is 1. The third-order valence-electron chi connectivity index (χ3n) is 3.42. The van der Waals surface area contributed by atoms with E-state index in [0.29, 0.717) is 11.6 Å². The first-order valence-electron chi connectivity index (χ1n) is 6.90. The highest BCUT2D eigenvalue weighted by Crippen LogP contribution is 2.25. The van der Waals surface area contributed by atoms with Gasteiger partial charge in [0.1, 0.15) is 23.7 Å². The highest BCUT2D eigenvalue weighted by Gasteiger charge is 2.12. The van der Waals surface area contributed by atoms with E-state index in [9.17, 15) is 0 Å². The Morgan fingerprint density at radius 2 is 2.05 bits per heavy atom. The quantitative estimate of drug-likeness (QED) is 0.733. The maximum atomic E-state index is 8.89. The molecule has 0 amide bonds. The van der Waals surface area contributed by atoms with E-state index in [0.717, 1.165) is 28.3 Å². The van der Waals surface area contributed by atoms with Gasteiger partial charge in [0, 0.05) is 11.2 Å². The third-order valence-corrected chi connectivity index (χ3v) is 3.67. The maximum Gasteiger partial charge on any atom is 0.145 e. The van der Waals surface area contributed by atoms with Gasteiger partial charge in [0.15, 0.2) is 0 Å². The van der Waals surface area contributed by atoms with Crippen LogP contribution >= 0.6 is 11.6 Å². The van der Waals surface area contributed by atoms with Gasteiger partial charge in [-0.25, -0.2) is 4.98 Å². The van der Waals surface area contributed by atoms with Gasteiger partial charge in [-0.05, 0) is 36.8 Å². The van der Waals surface area contributed by atoms with Gasteiger partial charge in [0.05, 0.1) is 18.2 Å². The Balaban J connectivity index is 1.91. The summed E-state index contributed by atoms with van der Waals surface area (Å²) in [4.78, 5) is 4.45. The van der Waals surface area contributed by atoms with Gasteiger partial charge in [-0.2, -0.15) is 5.26 Å². The number of imidazole rings is 1. The van der Waals surface area contributed by atoms with Crippen molar-refractivity contribution >= 4 is 17.1 Å². The van der Waals surface area contributed by atoms with Crippen LogP contribution in [0.25, 0.3) is 5.52 Å². The Bertz CT molecular complexity index is 847. The van der Waals surface area contributed by atoms with Crippen LogP contribution < -0.4 is 4.74 Å². The second-order valence-electron chi connectivity index (χ2n) is 4.95. The number of aryl methyl sites for hydroxylation is 1. The molecular weight excluding hydrogens is 298 g/mol. The lowest BCUT2D eigenvalue weighted by Gasteiger charge is -2.09. The largest absolute Gasteiger partial charge is 0.487 e. The molecule has 5 heteroatoms. The van der Waals surface area contributed by atoms with E-state index in [1.165, 1.54) is 0 Å². The molecule has 0 atom stereocenters. The summed E-state index contributed by atoms with van der Waals surface area (Å²) in [5.41, 5.74) is 2.81. The molecule has 0 bridgehead atoms. The predicted octanol–water partition coefficient (Wildman–Crippen LogP) is 3.94. The van der Waals surface area contributed by atoms with E-state index in [2.05, 4.69) is 11.1 Å². The van der Waals surface area contributed by atoms with Crippen LogP contribution in [0.5, 0.6) is 5.75 Å². The predicted molar refractivity (Wildman–Crippen MR) is 85.0 cm³/mol. The molecule has 0 unspecified atom stereocenters. The van der Waals surface area contributed by atoms with Crippen molar-refractivity contribution in [1.29, 1.82) is 5.26 Å². The normalized spacial score (nSPS) is 10.6. The Labute approximate surface area is 133 Å². The van der Waals surface area contributed by atoms with Crippen LogP contribution in [-0.4, -0.2) is 9.38 Å². The molecule has 1 aromatic carbocycles. The summed E-state index contributed by atoms with van der Waals surface area (Å²) in [5, 5.41) is 9.59. The first-order chi connectivity index (χ1) is 10.7. The molecule has 110 valence electrons. The smallest absolute Gasteiger partial charge is 0.145 e. The van der Waals surface area contributed by atoms with Crippen molar-refractivity contribution in [2.45, 2.75) is 20.0 Å². The molecule has 0 aliphatic heterocycles. The molecule has 0 radical (unpaired) electrons. The van der Waals surface area contributed by atoms with E-state index in [-0.39, 0.29) is 6.42 Å². The average molecular weight is 312 g/mol. The molecule has 0 saturated carbocycles. The number of nitriles is 1. The fourth-order valence-electron chi connectivity index (χ4n) is 2.41. The second kappa shape index (κ2) is 6.08. The number of nitrogens with zero attached hydrogens (tertiary/aromatic N) is 3. The number of hydrogen-bond acceptors (Lipinski definition) is 3. The van der Waals surface area contributed by atoms with Crippen LogP contribution in [0.1, 0.15) is 17.1 Å². The molecule has 2 aromatic heterocycles. The van der Waals surface area contributed by atoms with Gasteiger partial charge < -0.3 is 4.74 Å². The fourth-order valence-corrected chi connectivity index (χ4v) is 2.54. The van der Waals surface area contributed by atoms with Crippen LogP contribution in [-0.2, 0) is 13.0 Å². The minimum absolute atomic E-state index is 0.273. The zero-order valence-electron chi connectivity index (χ0n) is 12.1. The van der Waals surface area contributed by atoms with Crippen molar-refractivity contribution < 1.29 is 4.74 Å². The number of hydrogen-bond donors (Lipinski definition) is 0. The van der Waals surface area contributed by atoms with E-state index in [1.807, 2.05) is 53.9 Å². The second-order valence-corrected chi connectivity index (χ2v) is 5.39. The number of benzene rings is 1. The molecular formula is C17H14ClN3O. The van der Waals surface area contributed by atoms with Crippen molar-refractivity contribution in [2.24, 2.45) is 0 Å². The highest BCUT2D eigenvalue weighted by atomic mass is 35.5. The zero-order chi connectivity index (χ0) is 15.5. The van der Waals surface area contributed by atoms with Crippen molar-refractivity contribution in [3.63, 3.8) is 0 Å². The minimum atomic E-state index is 0.273. The summed E-state index contributed by atoms with van der Waals surface area (Å²) < 4.78 is 7.84. The molecule has 0 fully saturated rings. The monoisotopic (exact) mass is 311 g/mol. The molecule has 0 aliphatic carbocycles. The molecule has 4 nitrogen and oxygen atoms in total. The number of aromatic nitrogens is 2. The molecule has 22 heavy (non-hydrogen) atoms. The van der Waals surface area contributed by atoms with Crippen LogP contribution in [0.3, 0.4) is 0 Å². The lowest BCUT2D eigenvalue weighted by molar-refractivity contribution is 0.308. The zero-order valence-corrected chi connectivity index (χ0v) is 12.8. The highest BCUT2D eigenvalue weighted by molar-refractivity contribution is 6.30. The summed E-state index contributed by atoms with van der Waals surface area (Å²) in [6.45, 7) is 2.38. The Morgan fingerprint density at radius 3 is 2.77 bits per heavy atom. The van der Waals surface area contributed by atoms with Gasteiger partial charge in [-0.15, -0.1) is 0 Å². The van der Waals surface area contributed by atoms with Gasteiger partial charge in [0.2, 0.25) is 0 Å². The molecule has 0 spiro atoms. The Kier molecular flexibility index (Phi) is 3.99. The van der Waals surface area contributed by atoms with E-state index in [4.69, 9.17) is 21.6 Å². The van der Waals surface area contributed by atoms with E-state index < -0.39 is 0 Å². The number of pyridine rings is 1. The first kappa shape index (κ1) is 14.4. The molecule has 0 aliphatic rings. The number of ether oxygens (including phenoxy) is 1. The Hall–Kier alpha value is -2.51. The maximum absolute atomic E-state index is 8.89. The van der Waals surface area contributed by atoms with Gasteiger partial charge in [-0.3, -0.25) is 4.40 Å². The summed E-state index contributed by atoms with van der Waals surface area (Å²) in [5.74, 6) is 1.48. The summed E-state index contributed by atoms with van der Waals surface area (Å²) in [7, 11) is 0. The summed E-state index contributed by atoms with van der Waals surface area (Å²) >= 11 is 5.88. The van der Waals surface area contributed by atoms with Crippen molar-refractivity contribution in [1.82, 2.24) is 9.38 Å². The molecule has 0 saturated heterocycles. The standard InChI is InChI=1S/C17H14ClN3O/c1-12-17-15(22-11-13-4-6-14(18)7-5-13)3-2-10-21(17)16(20-12)8-9-19/h2-7,10H,8,11H2,1H3. The average Bonchev–Trinajstić information content (AvgIpc) is 2.84. The minimum Gasteiger partial charge on any atom is -0.487 e. The van der Waals surface area contributed by atoms with E-state index >= 15 is 0 Å². The fraction of sp³-hybridized carbons (Fsp3) is 0.176. The lowest BCUT2D eigenvalue weighted by Crippen LogP contribution is -1.98. The topological polar surface area (TPSA) is 50.3 Å². The van der Waals surface area contributed by atoms with E-state index in [1.54, 1.807) is 0 Å². The van der Waals surface area contributed by atoms with Crippen molar-refractivity contribution in [2.75, 3.05) is 0 Å². The van der Waals surface area contributed by atoms with Crippen molar-refractivity contribution in [3.8, 4) is 11.8 Å². The SMILES string of the molecule is Cc1nc(CC#N)n2cccc(OCc3ccc(Cl)cc3)c12. The van der Waals surface area contributed by atoms with Gasteiger partial charge >= 0.3 is 0 Å². The third kappa shape index (κ3) is 2.76. The van der Waals surface area contributed by atoms with Gasteiger partial charge in [-0.1, -0.05) is 23.7 Å². The molecule has 3 rings (SSSR count). The van der Waals surface area contributed by atoms with Crippen LogP contribution in [0.4, 0.5) is 0 Å². The summed E-state index contributed by atoms with van der Waals surface area (Å²) in [6.07, 6.45) is 2.17.